The minimum atomic E-state index is -0.995. The molecule has 1 heterocycles. The molecule has 0 bridgehead atoms. The Morgan fingerprint density at radius 1 is 0.686 bits per heavy atom. The summed E-state index contributed by atoms with van der Waals surface area (Å²) in [5, 5.41) is 42.9. The molecule has 2 aromatic carbocycles. The van der Waals surface area contributed by atoms with Gasteiger partial charge >= 0.3 is 17.9 Å². The van der Waals surface area contributed by atoms with E-state index in [1.54, 1.807) is 9.80 Å². The lowest BCUT2D eigenvalue weighted by Crippen LogP contribution is -2.60. The van der Waals surface area contributed by atoms with Gasteiger partial charge in [-0.05, 0) is 42.7 Å². The number of benzene rings is 2. The van der Waals surface area contributed by atoms with Crippen LogP contribution in [0.4, 0.5) is 0 Å². The summed E-state index contributed by atoms with van der Waals surface area (Å²) in [4.78, 5) is 38.4. The first kappa shape index (κ1) is 41.7. The van der Waals surface area contributed by atoms with Crippen LogP contribution in [-0.2, 0) is 21.0 Å². The van der Waals surface area contributed by atoms with E-state index in [1.807, 2.05) is 54.6 Å². The second kappa shape index (κ2) is 23.7. The fourth-order valence-corrected chi connectivity index (χ4v) is 6.51. The molecule has 5 N–H and O–H groups in total. The van der Waals surface area contributed by atoms with Gasteiger partial charge in [0.15, 0.2) is 6.54 Å². The van der Waals surface area contributed by atoms with Crippen molar-refractivity contribution in [3.8, 4) is 11.5 Å². The van der Waals surface area contributed by atoms with Gasteiger partial charge in [0.25, 0.3) is 0 Å². The van der Waals surface area contributed by atoms with Crippen molar-refractivity contribution in [3.63, 3.8) is 0 Å². The van der Waals surface area contributed by atoms with Crippen molar-refractivity contribution < 1.29 is 48.8 Å². The van der Waals surface area contributed by atoms with Crippen LogP contribution in [0.2, 0.25) is 0 Å². The fourth-order valence-electron chi connectivity index (χ4n) is 6.51. The first-order valence-electron chi connectivity index (χ1n) is 18.4. The summed E-state index contributed by atoms with van der Waals surface area (Å²) in [5.74, 6) is -1.25. The average molecular weight is 716 g/mol. The van der Waals surface area contributed by atoms with Gasteiger partial charge in [-0.25, -0.2) is 4.79 Å². The van der Waals surface area contributed by atoms with Crippen LogP contribution in [0.1, 0.15) is 56.9 Å². The van der Waals surface area contributed by atoms with E-state index in [0.717, 1.165) is 62.0 Å². The third kappa shape index (κ3) is 18.4. The molecule has 1 aliphatic rings. The number of nitrogens with zero attached hydrogens (tertiary/aromatic N) is 3. The quantitative estimate of drug-likeness (QED) is 0.0892. The van der Waals surface area contributed by atoms with Crippen molar-refractivity contribution in [1.29, 1.82) is 0 Å². The second-order valence-electron chi connectivity index (χ2n) is 13.6. The predicted molar refractivity (Wildman–Crippen MR) is 194 cm³/mol. The van der Waals surface area contributed by atoms with E-state index < -0.39 is 24.0 Å². The molecule has 2 unspecified atom stereocenters. The largest absolute Gasteiger partial charge is 0.494 e. The first-order valence-corrected chi connectivity index (χ1v) is 18.4. The molecule has 2 atom stereocenters. The van der Waals surface area contributed by atoms with Gasteiger partial charge < -0.3 is 39.7 Å². The number of aliphatic hydroxyl groups is 1. The van der Waals surface area contributed by atoms with Crippen LogP contribution in [0, 0.1) is 0 Å². The van der Waals surface area contributed by atoms with Gasteiger partial charge in [-0.2, -0.15) is 0 Å². The Labute approximate surface area is 302 Å². The first-order chi connectivity index (χ1) is 24.6. The molecule has 0 saturated carbocycles. The summed E-state index contributed by atoms with van der Waals surface area (Å²) in [5.41, 5.74) is 1.13. The van der Waals surface area contributed by atoms with E-state index in [1.165, 1.54) is 0 Å². The molecule has 13 nitrogen and oxygen atoms in total. The number of hydrogen-bond acceptors (Lipinski definition) is 9. The number of carboxylic acids is 3. The van der Waals surface area contributed by atoms with Crippen molar-refractivity contribution in [2.75, 3.05) is 85.1 Å². The van der Waals surface area contributed by atoms with Crippen molar-refractivity contribution in [2.24, 2.45) is 0 Å². The van der Waals surface area contributed by atoms with Crippen LogP contribution in [-0.4, -0.2) is 144 Å². The number of carboxylic acid groups (broad SMARTS) is 3. The molecule has 0 amide bonds. The zero-order valence-corrected chi connectivity index (χ0v) is 30.0. The summed E-state index contributed by atoms with van der Waals surface area (Å²) < 4.78 is 11.9. The Morgan fingerprint density at radius 2 is 1.27 bits per heavy atom. The number of ether oxygens (including phenoxy) is 2. The number of nitrogens with one attached hydrogen (secondary N) is 1. The van der Waals surface area contributed by atoms with E-state index in [2.05, 4.69) is 5.32 Å². The molecule has 0 aliphatic carbocycles. The van der Waals surface area contributed by atoms with Gasteiger partial charge in [-0.15, -0.1) is 0 Å². The Balaban J connectivity index is 1.34. The smallest absolute Gasteiger partial charge is 0.359 e. The molecule has 284 valence electrons. The molecule has 1 fully saturated rings. The Hall–Kier alpha value is -3.75. The number of unbranched alkanes of at least 4 members (excludes halogenated alkanes) is 6. The number of rotatable bonds is 22. The van der Waals surface area contributed by atoms with Crippen LogP contribution in [0.15, 0.2) is 54.6 Å². The number of aliphatic hydroxyl groups excluding tert-OH is 1. The number of carbonyl (C=O) groups is 3. The normalized spacial score (nSPS) is 18.6. The summed E-state index contributed by atoms with van der Waals surface area (Å²) >= 11 is 0. The van der Waals surface area contributed by atoms with Gasteiger partial charge in [0.05, 0.1) is 32.8 Å². The Morgan fingerprint density at radius 3 is 1.90 bits per heavy atom. The minimum absolute atomic E-state index is 0.133. The van der Waals surface area contributed by atoms with Crippen LogP contribution in [0.5, 0.6) is 11.5 Å². The lowest BCUT2D eigenvalue weighted by molar-refractivity contribution is -0.922. The summed E-state index contributed by atoms with van der Waals surface area (Å²) in [6.45, 7) is 4.35. The fraction of sp³-hybridized carbons (Fsp3) is 0.605. The third-order valence-corrected chi connectivity index (χ3v) is 9.30. The van der Waals surface area contributed by atoms with Gasteiger partial charge in [-0.1, -0.05) is 68.9 Å². The van der Waals surface area contributed by atoms with Crippen LogP contribution in [0.3, 0.4) is 0 Å². The summed E-state index contributed by atoms with van der Waals surface area (Å²) in [6.07, 6.45) is 7.12. The molecule has 1 aliphatic heterocycles. The second-order valence-corrected chi connectivity index (χ2v) is 13.6. The highest BCUT2D eigenvalue weighted by Gasteiger charge is 2.34. The van der Waals surface area contributed by atoms with Gasteiger partial charge in [0.2, 0.25) is 0 Å². The molecule has 13 heteroatoms. The van der Waals surface area contributed by atoms with Gasteiger partial charge in [0, 0.05) is 39.3 Å². The summed E-state index contributed by atoms with van der Waals surface area (Å²) in [7, 11) is 0. The molecule has 2 aromatic rings. The van der Waals surface area contributed by atoms with Crippen LogP contribution >= 0.6 is 0 Å². The molecule has 0 spiro atoms. The highest BCUT2D eigenvalue weighted by molar-refractivity contribution is 5.69. The monoisotopic (exact) mass is 715 g/mol. The van der Waals surface area contributed by atoms with E-state index in [4.69, 9.17) is 9.47 Å². The SMILES string of the molecule is O=C(O)CN1CCNCC[N+](CC(=O)O)(CC(O)CCCCCCCCCOc2ccc(OCc3ccccc3)cc2)CCN(CC(=O)O)CC1. The molecule has 0 radical (unpaired) electrons. The van der Waals surface area contributed by atoms with Crippen LogP contribution < -0.4 is 14.8 Å². The van der Waals surface area contributed by atoms with Crippen molar-refractivity contribution in [3.05, 3.63) is 60.2 Å². The molecule has 3 rings (SSSR count). The topological polar surface area (TPSA) is 169 Å². The molecule has 0 aromatic heterocycles. The van der Waals surface area contributed by atoms with Crippen molar-refractivity contribution in [1.82, 2.24) is 15.1 Å². The molecular formula is C38H59N4O9+. The maximum Gasteiger partial charge on any atom is 0.359 e. The highest BCUT2D eigenvalue weighted by atomic mass is 16.5. The number of hydrogen-bond donors (Lipinski definition) is 5. The minimum Gasteiger partial charge on any atom is -0.494 e. The standard InChI is InChI=1S/C38H58N4O9/c43-33(13-9-4-2-1-3-5-10-26-50-34-14-16-35(17-15-34)51-31-32-11-7-6-8-12-32)29-42(30-38(48)49)24-19-39-18-20-40(27-36(44)45)21-22-41(23-25-42)28-37(46)47/h6-8,11-12,14-17,33,39,43H,1-5,9-10,13,18-31H2,(H2-,44,45,46,47,48,49)/p+1. The van der Waals surface area contributed by atoms with E-state index in [-0.39, 0.29) is 30.7 Å². The van der Waals surface area contributed by atoms with Gasteiger partial charge in [-0.3, -0.25) is 19.4 Å². The zero-order chi connectivity index (χ0) is 36.7. The number of aliphatic carboxylic acids is 3. The van der Waals surface area contributed by atoms with E-state index in [0.29, 0.717) is 72.0 Å². The lowest BCUT2D eigenvalue weighted by atomic mass is 10.1. The zero-order valence-electron chi connectivity index (χ0n) is 30.0. The molecule has 51 heavy (non-hydrogen) atoms. The Kier molecular flexibility index (Phi) is 19.3. The van der Waals surface area contributed by atoms with E-state index in [9.17, 15) is 34.8 Å². The molecule has 1 saturated heterocycles. The lowest BCUT2D eigenvalue weighted by Gasteiger charge is -2.40. The third-order valence-electron chi connectivity index (χ3n) is 9.30. The van der Waals surface area contributed by atoms with E-state index >= 15 is 0 Å². The maximum atomic E-state index is 12.0. The summed E-state index contributed by atoms with van der Waals surface area (Å²) in [6, 6.07) is 17.8. The molecular weight excluding hydrogens is 656 g/mol. The van der Waals surface area contributed by atoms with Crippen LogP contribution in [0.25, 0.3) is 0 Å². The predicted octanol–water partition coefficient (Wildman–Crippen LogP) is 3.40. The Bertz CT molecular complexity index is 1280. The number of quaternary nitrogens is 1. The van der Waals surface area contributed by atoms with Crippen molar-refractivity contribution in [2.45, 2.75) is 64.1 Å². The maximum absolute atomic E-state index is 12.0. The van der Waals surface area contributed by atoms with Crippen molar-refractivity contribution >= 4 is 17.9 Å². The van der Waals surface area contributed by atoms with Gasteiger partial charge in [0.1, 0.15) is 30.8 Å². The highest BCUT2D eigenvalue weighted by Crippen LogP contribution is 2.20. The average Bonchev–Trinajstić information content (AvgIpc) is 3.08.